The van der Waals surface area contributed by atoms with Crippen LogP contribution in [0.15, 0.2) is 23.8 Å². The molecule has 0 radical (unpaired) electrons. The third-order valence-electron chi connectivity index (χ3n) is 15.1. The first kappa shape index (κ1) is 32.4. The van der Waals surface area contributed by atoms with Crippen LogP contribution in [0.5, 0.6) is 17.2 Å². The van der Waals surface area contributed by atoms with Gasteiger partial charge in [-0.25, -0.2) is 0 Å². The Bertz CT molecular complexity index is 1390. The van der Waals surface area contributed by atoms with E-state index in [9.17, 15) is 9.59 Å². The number of allylic oxidation sites excluding steroid dienone is 2. The number of ether oxygens (including phenoxy) is 3. The Labute approximate surface area is 271 Å². The fourth-order valence-corrected chi connectivity index (χ4v) is 12.1. The molecule has 0 spiro atoms. The Morgan fingerprint density at radius 1 is 0.844 bits per heavy atom. The van der Waals surface area contributed by atoms with Gasteiger partial charge in [0.05, 0.1) is 26.7 Å². The number of methoxy groups -OCH3 is 3. The monoisotopic (exact) mass is 619 g/mol. The number of rotatable bonds is 5. The van der Waals surface area contributed by atoms with E-state index in [-0.39, 0.29) is 33.5 Å². The van der Waals surface area contributed by atoms with Crippen molar-refractivity contribution < 1.29 is 23.8 Å². The first-order valence-corrected chi connectivity index (χ1v) is 17.5. The number of fused-ring (bicyclic) bond motifs is 7. The summed E-state index contributed by atoms with van der Waals surface area (Å²) in [5.41, 5.74) is 1.84. The van der Waals surface area contributed by atoms with E-state index < -0.39 is 5.41 Å². The number of benzene rings is 1. The van der Waals surface area contributed by atoms with Gasteiger partial charge in [-0.15, -0.1) is 0 Å². The summed E-state index contributed by atoms with van der Waals surface area (Å²) in [6.45, 7) is 16.9. The van der Waals surface area contributed by atoms with Crippen LogP contribution in [0.1, 0.15) is 106 Å². The van der Waals surface area contributed by atoms with Crippen LogP contribution in [0.25, 0.3) is 0 Å². The van der Waals surface area contributed by atoms with Gasteiger partial charge in [0.2, 0.25) is 11.7 Å². The fourth-order valence-electron chi connectivity index (χ4n) is 12.1. The number of carbonyl (C=O) groups is 2. The lowest BCUT2D eigenvalue weighted by molar-refractivity contribution is -0.186. The molecular formula is C39H57NO5. The molecule has 0 bridgehead atoms. The van der Waals surface area contributed by atoms with E-state index in [1.165, 1.54) is 0 Å². The molecule has 6 heteroatoms. The Balaban J connectivity index is 1.40. The molecule has 6 nitrogen and oxygen atoms in total. The first-order valence-electron chi connectivity index (χ1n) is 17.5. The molecule has 1 aromatic rings. The summed E-state index contributed by atoms with van der Waals surface area (Å²) in [4.78, 5) is 27.9. The number of ketones is 1. The minimum atomic E-state index is -0.457. The van der Waals surface area contributed by atoms with Crippen molar-refractivity contribution in [2.24, 2.45) is 56.7 Å². The Kier molecular flexibility index (Phi) is 7.76. The molecule has 0 aliphatic heterocycles. The van der Waals surface area contributed by atoms with E-state index in [0.29, 0.717) is 58.8 Å². The van der Waals surface area contributed by atoms with E-state index in [4.69, 9.17) is 14.2 Å². The Morgan fingerprint density at radius 2 is 1.51 bits per heavy atom. The summed E-state index contributed by atoms with van der Waals surface area (Å²) in [7, 11) is 4.80. The van der Waals surface area contributed by atoms with Crippen molar-refractivity contribution in [3.8, 4) is 17.2 Å². The normalized spacial score (nSPS) is 41.8. The standard InChI is InChI=1S/C39H57NO5/c1-23-13-18-39(34(42)40-25-21-27(43-8)33(45-10)28(22-25)44-9)20-19-37(6)26(32(39)24(23)2)11-12-30-36(5)16-15-31(41)35(3,4)29(36)14-17-38(30,37)7/h11,21-24,29-30,32H,12-20H2,1-10H3,(H,40,42)/t23-,24+,29+,30-,32+,36+,37-,38-,39+/m1/s1. The van der Waals surface area contributed by atoms with Crippen LogP contribution in [0, 0.1) is 56.7 Å². The van der Waals surface area contributed by atoms with Crippen LogP contribution >= 0.6 is 0 Å². The summed E-state index contributed by atoms with van der Waals surface area (Å²) in [5.74, 6) is 4.32. The highest BCUT2D eigenvalue weighted by Crippen LogP contribution is 2.75. The fraction of sp³-hybridized carbons (Fsp3) is 0.744. The molecule has 9 atom stereocenters. The van der Waals surface area contributed by atoms with E-state index in [0.717, 1.165) is 51.4 Å². The highest BCUT2D eigenvalue weighted by atomic mass is 16.5. The van der Waals surface area contributed by atoms with Crippen LogP contribution < -0.4 is 19.5 Å². The van der Waals surface area contributed by atoms with Gasteiger partial charge in [0.1, 0.15) is 5.78 Å². The molecule has 1 aromatic carbocycles. The summed E-state index contributed by atoms with van der Waals surface area (Å²) in [6.07, 6.45) is 11.6. The van der Waals surface area contributed by atoms with E-state index in [1.54, 1.807) is 26.9 Å². The third kappa shape index (κ3) is 4.31. The topological polar surface area (TPSA) is 73.9 Å². The molecule has 1 N–H and O–H groups in total. The first-order chi connectivity index (χ1) is 21.1. The molecule has 0 aromatic heterocycles. The molecule has 45 heavy (non-hydrogen) atoms. The summed E-state index contributed by atoms with van der Waals surface area (Å²) in [6, 6.07) is 3.68. The number of hydrogen-bond donors (Lipinski definition) is 1. The second-order valence-electron chi connectivity index (χ2n) is 16.8. The van der Waals surface area contributed by atoms with Gasteiger partial charge in [-0.3, -0.25) is 9.59 Å². The predicted octanol–water partition coefficient (Wildman–Crippen LogP) is 8.88. The van der Waals surface area contributed by atoms with Gasteiger partial charge in [0.15, 0.2) is 11.5 Å². The average Bonchev–Trinajstić information content (AvgIpc) is 3.00. The number of amides is 1. The molecule has 4 saturated carbocycles. The average molecular weight is 620 g/mol. The van der Waals surface area contributed by atoms with Gasteiger partial charge in [0, 0.05) is 29.7 Å². The van der Waals surface area contributed by atoms with Gasteiger partial charge < -0.3 is 19.5 Å². The largest absolute Gasteiger partial charge is 0.493 e. The van der Waals surface area contributed by atoms with Crippen LogP contribution in [0.2, 0.25) is 0 Å². The molecule has 0 unspecified atom stereocenters. The SMILES string of the molecule is COc1cc(NC(=O)[C@]23CC[C@@H](C)[C@H](C)[C@H]2C2=CC[C@@H]4[C@@]5(C)CCC(=O)C(C)(C)[C@@H]5CC[C@@]4(C)[C@]2(C)CC3)cc(OC)c1OC. The lowest BCUT2D eigenvalue weighted by atomic mass is 9.33. The quantitative estimate of drug-likeness (QED) is 0.333. The number of hydrogen-bond acceptors (Lipinski definition) is 5. The Hall–Kier alpha value is -2.50. The summed E-state index contributed by atoms with van der Waals surface area (Å²) < 4.78 is 16.8. The number of anilines is 1. The van der Waals surface area contributed by atoms with Crippen molar-refractivity contribution in [3.05, 3.63) is 23.8 Å². The maximum atomic E-state index is 14.7. The van der Waals surface area contributed by atoms with Crippen molar-refractivity contribution in [2.45, 2.75) is 106 Å². The van der Waals surface area contributed by atoms with Gasteiger partial charge in [0.25, 0.3) is 0 Å². The Morgan fingerprint density at radius 3 is 2.13 bits per heavy atom. The number of carbonyl (C=O) groups excluding carboxylic acids is 2. The molecule has 5 aliphatic carbocycles. The lowest BCUT2D eigenvalue weighted by Crippen LogP contribution is -2.65. The maximum absolute atomic E-state index is 14.7. The van der Waals surface area contributed by atoms with Crippen molar-refractivity contribution >= 4 is 17.4 Å². The number of nitrogens with one attached hydrogen (secondary N) is 1. The van der Waals surface area contributed by atoms with E-state index in [1.807, 2.05) is 12.1 Å². The van der Waals surface area contributed by atoms with Crippen molar-refractivity contribution in [1.82, 2.24) is 0 Å². The molecule has 0 heterocycles. The van der Waals surface area contributed by atoms with Crippen LogP contribution in [0.3, 0.4) is 0 Å². The zero-order valence-corrected chi connectivity index (χ0v) is 29.5. The maximum Gasteiger partial charge on any atom is 0.231 e. The zero-order valence-electron chi connectivity index (χ0n) is 29.5. The molecule has 248 valence electrons. The smallest absolute Gasteiger partial charge is 0.231 e. The third-order valence-corrected chi connectivity index (χ3v) is 15.1. The van der Waals surface area contributed by atoms with Crippen molar-refractivity contribution in [3.63, 3.8) is 0 Å². The molecule has 0 saturated heterocycles. The predicted molar refractivity (Wildman–Crippen MR) is 179 cm³/mol. The van der Waals surface area contributed by atoms with Crippen LogP contribution in [-0.4, -0.2) is 33.0 Å². The van der Waals surface area contributed by atoms with E-state index >= 15 is 0 Å². The highest BCUT2D eigenvalue weighted by Gasteiger charge is 2.69. The van der Waals surface area contributed by atoms with Gasteiger partial charge in [-0.1, -0.05) is 60.1 Å². The van der Waals surface area contributed by atoms with Crippen molar-refractivity contribution in [1.29, 1.82) is 0 Å². The minimum absolute atomic E-state index is 0.0296. The van der Waals surface area contributed by atoms with E-state index in [2.05, 4.69) is 59.9 Å². The molecule has 1 amide bonds. The summed E-state index contributed by atoms with van der Waals surface area (Å²) >= 11 is 0. The molecule has 4 fully saturated rings. The zero-order chi connectivity index (χ0) is 32.7. The van der Waals surface area contributed by atoms with Crippen LogP contribution in [-0.2, 0) is 9.59 Å². The second kappa shape index (κ2) is 10.8. The van der Waals surface area contributed by atoms with Crippen LogP contribution in [0.4, 0.5) is 5.69 Å². The lowest BCUT2D eigenvalue weighted by Gasteiger charge is -2.71. The van der Waals surface area contributed by atoms with Gasteiger partial charge in [-0.2, -0.15) is 0 Å². The second-order valence-corrected chi connectivity index (χ2v) is 16.8. The molecule has 6 rings (SSSR count). The molecular weight excluding hydrogens is 562 g/mol. The van der Waals surface area contributed by atoms with Crippen molar-refractivity contribution in [2.75, 3.05) is 26.6 Å². The number of Topliss-reactive ketones (excluding diaryl/α,β-unsaturated/α-hetero) is 1. The van der Waals surface area contributed by atoms with Gasteiger partial charge >= 0.3 is 0 Å². The summed E-state index contributed by atoms with van der Waals surface area (Å²) in [5, 5.41) is 3.35. The molecule has 5 aliphatic rings. The highest BCUT2D eigenvalue weighted by molar-refractivity contribution is 5.97. The van der Waals surface area contributed by atoms with Gasteiger partial charge in [-0.05, 0) is 97.2 Å². The minimum Gasteiger partial charge on any atom is -0.493 e.